The molecule has 0 spiro atoms. The number of hydrogen-bond donors (Lipinski definition) is 3. The zero-order chi connectivity index (χ0) is 21.5. The van der Waals surface area contributed by atoms with Crippen molar-refractivity contribution in [2.45, 2.75) is 45.6 Å². The van der Waals surface area contributed by atoms with Gasteiger partial charge in [-0.25, -0.2) is 14.3 Å². The molecule has 0 radical (unpaired) electrons. The van der Waals surface area contributed by atoms with Crippen LogP contribution in [0, 0.1) is 5.92 Å². The van der Waals surface area contributed by atoms with Crippen molar-refractivity contribution in [3.05, 3.63) is 75.5 Å². The van der Waals surface area contributed by atoms with Gasteiger partial charge in [0, 0.05) is 17.7 Å². The number of aromatic nitrogens is 2. The lowest BCUT2D eigenvalue weighted by molar-refractivity contribution is -0.701. The van der Waals surface area contributed by atoms with Crippen LogP contribution in [0.5, 0.6) is 0 Å². The number of imidazole rings is 1. The Bertz CT molecular complexity index is 977. The third-order valence-corrected chi connectivity index (χ3v) is 6.12. The third-order valence-electron chi connectivity index (χ3n) is 5.22. The molecule has 6 nitrogen and oxygen atoms in total. The summed E-state index contributed by atoms with van der Waals surface area (Å²) in [5.74, 6) is -1.18. The van der Waals surface area contributed by atoms with Gasteiger partial charge in [0.2, 0.25) is 0 Å². The van der Waals surface area contributed by atoms with Gasteiger partial charge >= 0.3 is 11.9 Å². The van der Waals surface area contributed by atoms with Crippen molar-refractivity contribution in [2.24, 2.45) is 5.92 Å². The molecule has 0 fully saturated rings. The van der Waals surface area contributed by atoms with Crippen LogP contribution in [-0.2, 0) is 30.6 Å². The fourth-order valence-electron chi connectivity index (χ4n) is 3.52. The van der Waals surface area contributed by atoms with Gasteiger partial charge in [-0.05, 0) is 42.0 Å². The molecule has 1 aromatic carbocycles. The first-order chi connectivity index (χ1) is 14.5. The number of aryl methyl sites for hydroxylation is 1. The topological polar surface area (TPSA) is 94.3 Å². The standard InChI is InChI=1S/C23H26N2O4S/c1-2-3-6-21-24-14-19(12-18(23(28)29)13-20-5-4-11-30-20)25(21)15-16-7-9-17(10-8-16)22(26)27/h4-5,7-11,14,18H,2-3,6,12-13,15H2,1H3,(H2,26,27,28,29)/p+1. The fraction of sp³-hybridized carbons (Fsp3) is 0.348. The van der Waals surface area contributed by atoms with Crippen LogP contribution >= 0.6 is 11.3 Å². The number of aromatic carboxylic acids is 1. The third kappa shape index (κ3) is 5.57. The Balaban J connectivity index is 1.85. The number of carboxylic acids is 2. The van der Waals surface area contributed by atoms with E-state index in [1.54, 1.807) is 23.5 Å². The monoisotopic (exact) mass is 427 g/mol. The fourth-order valence-corrected chi connectivity index (χ4v) is 4.31. The van der Waals surface area contributed by atoms with Crippen molar-refractivity contribution in [3.63, 3.8) is 0 Å². The highest BCUT2D eigenvalue weighted by Gasteiger charge is 2.26. The maximum atomic E-state index is 11.9. The van der Waals surface area contributed by atoms with Crippen molar-refractivity contribution in [3.8, 4) is 0 Å². The lowest BCUT2D eigenvalue weighted by Crippen LogP contribution is -2.42. The first kappa shape index (κ1) is 21.8. The molecule has 0 aliphatic rings. The number of nitrogens with zero attached hydrogens (tertiary/aromatic N) is 1. The molecule has 158 valence electrons. The highest BCUT2D eigenvalue weighted by Crippen LogP contribution is 2.18. The molecule has 7 heteroatoms. The molecule has 2 aromatic heterocycles. The van der Waals surface area contributed by atoms with Gasteiger partial charge in [0.25, 0.3) is 5.82 Å². The van der Waals surface area contributed by atoms with Crippen LogP contribution in [0.4, 0.5) is 0 Å². The second-order valence-electron chi connectivity index (χ2n) is 7.44. The Morgan fingerprint density at radius 2 is 1.90 bits per heavy atom. The predicted molar refractivity (Wildman–Crippen MR) is 115 cm³/mol. The second kappa shape index (κ2) is 10.2. The molecule has 0 aliphatic carbocycles. The molecule has 1 atom stereocenters. The summed E-state index contributed by atoms with van der Waals surface area (Å²) >= 11 is 1.58. The molecule has 30 heavy (non-hydrogen) atoms. The van der Waals surface area contributed by atoms with Gasteiger partial charge in [0.1, 0.15) is 18.4 Å². The second-order valence-corrected chi connectivity index (χ2v) is 8.47. The minimum Gasteiger partial charge on any atom is -0.481 e. The van der Waals surface area contributed by atoms with Crippen molar-refractivity contribution < 1.29 is 24.4 Å². The minimum absolute atomic E-state index is 0.256. The van der Waals surface area contributed by atoms with Crippen molar-refractivity contribution >= 4 is 23.3 Å². The number of benzene rings is 1. The maximum absolute atomic E-state index is 11.9. The number of H-pyrrole nitrogens is 1. The van der Waals surface area contributed by atoms with Gasteiger partial charge in [-0.2, -0.15) is 0 Å². The summed E-state index contributed by atoms with van der Waals surface area (Å²) in [6, 6.07) is 10.8. The highest BCUT2D eigenvalue weighted by atomic mass is 32.1. The number of carboxylic acid groups (broad SMARTS) is 2. The molecule has 3 aromatic rings. The van der Waals surface area contributed by atoms with Crippen LogP contribution in [0.3, 0.4) is 0 Å². The largest absolute Gasteiger partial charge is 0.481 e. The van der Waals surface area contributed by atoms with E-state index in [4.69, 9.17) is 5.11 Å². The number of hydrogen-bond acceptors (Lipinski definition) is 3. The SMILES string of the molecule is CCCCc1[nH]cc(CC(Cc2cccs2)C(=O)O)[n+]1Cc1ccc(C(=O)O)cc1. The first-order valence-corrected chi connectivity index (χ1v) is 11.0. The first-order valence-electron chi connectivity index (χ1n) is 10.1. The normalized spacial score (nSPS) is 12.0. The van der Waals surface area contributed by atoms with E-state index in [-0.39, 0.29) is 5.56 Å². The quantitative estimate of drug-likeness (QED) is 0.404. The summed E-state index contributed by atoms with van der Waals surface area (Å²) in [7, 11) is 0. The van der Waals surface area contributed by atoms with Gasteiger partial charge in [-0.15, -0.1) is 11.3 Å². The zero-order valence-corrected chi connectivity index (χ0v) is 17.8. The van der Waals surface area contributed by atoms with E-state index in [2.05, 4.69) is 16.5 Å². The van der Waals surface area contributed by atoms with Crippen LogP contribution in [0.15, 0.2) is 48.0 Å². The molecule has 3 N–H and O–H groups in total. The highest BCUT2D eigenvalue weighted by molar-refractivity contribution is 7.09. The van der Waals surface area contributed by atoms with E-state index >= 15 is 0 Å². The Morgan fingerprint density at radius 3 is 2.50 bits per heavy atom. The van der Waals surface area contributed by atoms with Crippen molar-refractivity contribution in [1.82, 2.24) is 4.98 Å². The van der Waals surface area contributed by atoms with E-state index in [9.17, 15) is 14.7 Å². The molecular weight excluding hydrogens is 400 g/mol. The molecule has 0 saturated heterocycles. The average Bonchev–Trinajstić information content (AvgIpc) is 3.37. The molecule has 0 aliphatic heterocycles. The zero-order valence-electron chi connectivity index (χ0n) is 17.0. The van der Waals surface area contributed by atoms with E-state index in [0.717, 1.165) is 41.2 Å². The van der Waals surface area contributed by atoms with Crippen LogP contribution < -0.4 is 4.57 Å². The Hall–Kier alpha value is -2.93. The predicted octanol–water partition coefficient (Wildman–Crippen LogP) is 3.94. The number of aliphatic carboxylic acids is 1. The van der Waals surface area contributed by atoms with Crippen molar-refractivity contribution in [1.29, 1.82) is 0 Å². The number of nitrogens with one attached hydrogen (secondary N) is 1. The van der Waals surface area contributed by atoms with Gasteiger partial charge in [0.15, 0.2) is 0 Å². The Labute approximate surface area is 179 Å². The van der Waals surface area contributed by atoms with Crippen molar-refractivity contribution in [2.75, 3.05) is 0 Å². The molecule has 0 bridgehead atoms. The number of thiophene rings is 1. The summed E-state index contributed by atoms with van der Waals surface area (Å²) < 4.78 is 2.15. The van der Waals surface area contributed by atoms with E-state index in [0.29, 0.717) is 19.4 Å². The average molecular weight is 428 g/mol. The summed E-state index contributed by atoms with van der Waals surface area (Å²) in [5, 5.41) is 20.9. The smallest absolute Gasteiger partial charge is 0.335 e. The number of unbranched alkanes of at least 4 members (excludes halogenated alkanes) is 1. The molecule has 3 rings (SSSR count). The molecule has 2 heterocycles. The lowest BCUT2D eigenvalue weighted by Gasteiger charge is -2.11. The molecule has 1 unspecified atom stereocenters. The summed E-state index contributed by atoms with van der Waals surface area (Å²) in [6.45, 7) is 2.71. The summed E-state index contributed by atoms with van der Waals surface area (Å²) in [5.41, 5.74) is 2.19. The van der Waals surface area contributed by atoms with Crippen LogP contribution in [0.1, 0.15) is 52.1 Å². The van der Waals surface area contributed by atoms with E-state index in [1.807, 2.05) is 35.8 Å². The van der Waals surface area contributed by atoms with Gasteiger partial charge in [-0.3, -0.25) is 4.79 Å². The van der Waals surface area contributed by atoms with E-state index in [1.165, 1.54) is 0 Å². The lowest BCUT2D eigenvalue weighted by atomic mass is 9.98. The van der Waals surface area contributed by atoms with E-state index < -0.39 is 17.9 Å². The van der Waals surface area contributed by atoms with Crippen LogP contribution in [-0.4, -0.2) is 27.1 Å². The number of aromatic amines is 1. The minimum atomic E-state index is -0.946. The molecule has 0 amide bonds. The maximum Gasteiger partial charge on any atom is 0.335 e. The molecule has 0 saturated carbocycles. The van der Waals surface area contributed by atoms with Crippen LogP contribution in [0.2, 0.25) is 0 Å². The Morgan fingerprint density at radius 1 is 1.13 bits per heavy atom. The summed E-state index contributed by atoms with van der Waals surface area (Å²) in [6.07, 6.45) is 5.85. The van der Waals surface area contributed by atoms with Gasteiger partial charge in [-0.1, -0.05) is 31.5 Å². The Kier molecular flexibility index (Phi) is 7.41. The van der Waals surface area contributed by atoms with Gasteiger partial charge < -0.3 is 10.2 Å². The summed E-state index contributed by atoms with van der Waals surface area (Å²) in [4.78, 5) is 27.4. The molecular formula is C23H27N2O4S+. The number of rotatable bonds is 11. The van der Waals surface area contributed by atoms with Crippen LogP contribution in [0.25, 0.3) is 0 Å². The van der Waals surface area contributed by atoms with Gasteiger partial charge in [0.05, 0.1) is 11.5 Å². The number of carbonyl (C=O) groups is 2.